The number of rotatable bonds is 4. The molecule has 7 heteroatoms. The lowest BCUT2D eigenvalue weighted by Gasteiger charge is -2.22. The molecule has 0 unspecified atom stereocenters. The molecule has 0 aliphatic heterocycles. The van der Waals surface area contributed by atoms with Gasteiger partial charge < -0.3 is 4.90 Å². The van der Waals surface area contributed by atoms with Crippen molar-refractivity contribution in [3.8, 4) is 0 Å². The van der Waals surface area contributed by atoms with Gasteiger partial charge in [-0.05, 0) is 30.3 Å². The first-order valence-electron chi connectivity index (χ1n) is 8.53. The molecule has 0 bridgehead atoms. The third-order valence-corrected chi connectivity index (χ3v) is 4.60. The van der Waals surface area contributed by atoms with Crippen LogP contribution < -0.4 is 4.90 Å². The largest absolute Gasteiger partial charge is 0.417 e. The van der Waals surface area contributed by atoms with E-state index < -0.39 is 29.0 Å². The van der Waals surface area contributed by atoms with Crippen molar-refractivity contribution in [3.63, 3.8) is 0 Å². The third kappa shape index (κ3) is 4.32. The second kappa shape index (κ2) is 8.09. The van der Waals surface area contributed by atoms with Crippen LogP contribution in [0.25, 0.3) is 0 Å². The molecular weight excluding hydrogens is 403 g/mol. The lowest BCUT2D eigenvalue weighted by molar-refractivity contribution is -0.137. The third-order valence-electron chi connectivity index (χ3n) is 4.37. The zero-order valence-electron chi connectivity index (χ0n) is 15.2. The molecule has 3 nitrogen and oxygen atoms in total. The first kappa shape index (κ1) is 20.6. The van der Waals surface area contributed by atoms with Crippen molar-refractivity contribution in [2.75, 3.05) is 11.9 Å². The highest BCUT2D eigenvalue weighted by Crippen LogP contribution is 2.34. The Balaban J connectivity index is 2.06. The van der Waals surface area contributed by atoms with Gasteiger partial charge in [0, 0.05) is 23.2 Å². The summed E-state index contributed by atoms with van der Waals surface area (Å²) in [5.41, 5.74) is -0.904. The minimum atomic E-state index is -4.68. The van der Waals surface area contributed by atoms with Crippen molar-refractivity contribution in [3.05, 3.63) is 100 Å². The fourth-order valence-electron chi connectivity index (χ4n) is 2.93. The maximum Gasteiger partial charge on any atom is 0.417 e. The number of hydrogen-bond donors (Lipinski definition) is 0. The smallest absolute Gasteiger partial charge is 0.311 e. The molecular formula is C22H15ClF3NO2. The van der Waals surface area contributed by atoms with Gasteiger partial charge in [0.25, 0.3) is 5.91 Å². The van der Waals surface area contributed by atoms with Crippen molar-refractivity contribution >= 4 is 29.0 Å². The van der Waals surface area contributed by atoms with Gasteiger partial charge in [0.2, 0.25) is 0 Å². The summed E-state index contributed by atoms with van der Waals surface area (Å²) in [4.78, 5) is 26.8. The van der Waals surface area contributed by atoms with Crippen LogP contribution in [-0.2, 0) is 6.18 Å². The number of amides is 1. The van der Waals surface area contributed by atoms with Crippen molar-refractivity contribution in [1.82, 2.24) is 0 Å². The number of nitrogens with zero attached hydrogens (tertiary/aromatic N) is 1. The lowest BCUT2D eigenvalue weighted by atomic mass is 10.00. The molecule has 3 aromatic rings. The molecule has 0 aliphatic rings. The Bertz CT molecular complexity index is 1070. The number of benzene rings is 3. The summed E-state index contributed by atoms with van der Waals surface area (Å²) in [6, 6.07) is 17.2. The van der Waals surface area contributed by atoms with Gasteiger partial charge in [-0.3, -0.25) is 9.59 Å². The SMILES string of the molecule is CN(C(=O)c1ccccc1C(F)(F)F)c1ccc(Cl)cc1C(=O)c1ccccc1. The first-order valence-corrected chi connectivity index (χ1v) is 8.91. The number of halogens is 4. The van der Waals surface area contributed by atoms with Crippen LogP contribution >= 0.6 is 11.6 Å². The molecule has 0 atom stereocenters. The van der Waals surface area contributed by atoms with E-state index in [-0.39, 0.29) is 16.3 Å². The summed E-state index contributed by atoms with van der Waals surface area (Å²) in [5.74, 6) is -1.28. The van der Waals surface area contributed by atoms with Gasteiger partial charge >= 0.3 is 6.18 Å². The van der Waals surface area contributed by atoms with Crippen molar-refractivity contribution in [1.29, 1.82) is 0 Å². The lowest BCUT2D eigenvalue weighted by Crippen LogP contribution is -2.30. The van der Waals surface area contributed by atoms with Gasteiger partial charge in [-0.1, -0.05) is 54.1 Å². The normalized spacial score (nSPS) is 11.2. The number of carbonyl (C=O) groups is 2. The van der Waals surface area contributed by atoms with Crippen LogP contribution in [0.3, 0.4) is 0 Å². The van der Waals surface area contributed by atoms with E-state index in [1.54, 1.807) is 30.3 Å². The predicted octanol–water partition coefficient (Wildman–Crippen LogP) is 5.87. The highest BCUT2D eigenvalue weighted by atomic mass is 35.5. The highest BCUT2D eigenvalue weighted by Gasteiger charge is 2.36. The molecule has 0 heterocycles. The van der Waals surface area contributed by atoms with Crippen LogP contribution in [0.4, 0.5) is 18.9 Å². The zero-order valence-corrected chi connectivity index (χ0v) is 16.0. The molecule has 0 fully saturated rings. The van der Waals surface area contributed by atoms with Crippen LogP contribution in [0.2, 0.25) is 5.02 Å². The molecule has 1 amide bonds. The van der Waals surface area contributed by atoms with Crippen molar-refractivity contribution in [2.24, 2.45) is 0 Å². The molecule has 0 saturated carbocycles. The van der Waals surface area contributed by atoms with E-state index in [0.717, 1.165) is 17.0 Å². The molecule has 0 aromatic heterocycles. The van der Waals surface area contributed by atoms with E-state index in [0.29, 0.717) is 5.56 Å². The van der Waals surface area contributed by atoms with E-state index in [1.165, 1.54) is 37.4 Å². The summed E-state index contributed by atoms with van der Waals surface area (Å²) in [6.07, 6.45) is -4.68. The molecule has 0 radical (unpaired) electrons. The fourth-order valence-corrected chi connectivity index (χ4v) is 3.11. The second-order valence-electron chi connectivity index (χ2n) is 6.26. The van der Waals surface area contributed by atoms with Gasteiger partial charge in [-0.25, -0.2) is 0 Å². The van der Waals surface area contributed by atoms with Gasteiger partial charge in [0.15, 0.2) is 5.78 Å². The summed E-state index contributed by atoms with van der Waals surface area (Å²) >= 11 is 6.03. The van der Waals surface area contributed by atoms with E-state index in [4.69, 9.17) is 11.6 Å². The molecule has 0 N–H and O–H groups in total. The van der Waals surface area contributed by atoms with Crippen LogP contribution in [-0.4, -0.2) is 18.7 Å². The van der Waals surface area contributed by atoms with E-state index in [9.17, 15) is 22.8 Å². The number of alkyl halides is 3. The Kier molecular flexibility index (Phi) is 5.75. The average molecular weight is 418 g/mol. The van der Waals surface area contributed by atoms with Crippen LogP contribution in [0.1, 0.15) is 31.8 Å². The van der Waals surface area contributed by atoms with E-state index in [1.807, 2.05) is 0 Å². The summed E-state index contributed by atoms with van der Waals surface area (Å²) in [6.45, 7) is 0. The molecule has 0 spiro atoms. The molecule has 3 aromatic carbocycles. The first-order chi connectivity index (χ1) is 13.7. The van der Waals surface area contributed by atoms with Crippen LogP contribution in [0, 0.1) is 0 Å². The van der Waals surface area contributed by atoms with Gasteiger partial charge in [-0.15, -0.1) is 0 Å². The van der Waals surface area contributed by atoms with Gasteiger partial charge in [0.05, 0.1) is 16.8 Å². The fraction of sp³-hybridized carbons (Fsp3) is 0.0909. The van der Waals surface area contributed by atoms with Crippen molar-refractivity contribution < 1.29 is 22.8 Å². The maximum absolute atomic E-state index is 13.3. The standard InChI is InChI=1S/C22H15ClF3NO2/c1-27(21(29)16-9-5-6-10-18(16)22(24,25)26)19-12-11-15(23)13-17(19)20(28)14-7-3-2-4-8-14/h2-13H,1H3. The van der Waals surface area contributed by atoms with Crippen LogP contribution in [0.15, 0.2) is 72.8 Å². The molecule has 0 aliphatic carbocycles. The Morgan fingerprint density at radius 3 is 2.14 bits per heavy atom. The summed E-state index contributed by atoms with van der Waals surface area (Å²) < 4.78 is 39.9. The molecule has 0 saturated heterocycles. The number of anilines is 1. The minimum Gasteiger partial charge on any atom is -0.311 e. The Morgan fingerprint density at radius 2 is 1.48 bits per heavy atom. The Morgan fingerprint density at radius 1 is 0.862 bits per heavy atom. The number of hydrogen-bond acceptors (Lipinski definition) is 2. The Labute approximate surface area is 170 Å². The topological polar surface area (TPSA) is 37.4 Å². The van der Waals surface area contributed by atoms with Gasteiger partial charge in [-0.2, -0.15) is 13.2 Å². The number of carbonyl (C=O) groups excluding carboxylic acids is 2. The van der Waals surface area contributed by atoms with E-state index >= 15 is 0 Å². The highest BCUT2D eigenvalue weighted by molar-refractivity contribution is 6.31. The quantitative estimate of drug-likeness (QED) is 0.498. The van der Waals surface area contributed by atoms with Crippen molar-refractivity contribution in [2.45, 2.75) is 6.18 Å². The maximum atomic E-state index is 13.3. The number of ketones is 1. The molecule has 29 heavy (non-hydrogen) atoms. The van der Waals surface area contributed by atoms with Crippen LogP contribution in [0.5, 0.6) is 0 Å². The Hall–Kier alpha value is -3.12. The van der Waals surface area contributed by atoms with Gasteiger partial charge in [0.1, 0.15) is 0 Å². The zero-order chi connectivity index (χ0) is 21.2. The summed E-state index contributed by atoms with van der Waals surface area (Å²) in [7, 11) is 1.32. The molecule has 3 rings (SSSR count). The summed E-state index contributed by atoms with van der Waals surface area (Å²) in [5, 5.41) is 0.268. The molecule has 148 valence electrons. The predicted molar refractivity (Wildman–Crippen MR) is 106 cm³/mol. The minimum absolute atomic E-state index is 0.115. The average Bonchev–Trinajstić information content (AvgIpc) is 2.72. The van der Waals surface area contributed by atoms with E-state index in [2.05, 4.69) is 0 Å². The monoisotopic (exact) mass is 417 g/mol. The second-order valence-corrected chi connectivity index (χ2v) is 6.70.